The summed E-state index contributed by atoms with van der Waals surface area (Å²) in [5, 5.41) is 6.83. The van der Waals surface area contributed by atoms with Crippen LogP contribution in [0, 0.1) is 5.82 Å². The number of nitrogens with one attached hydrogen (secondary N) is 2. The lowest BCUT2D eigenvalue weighted by atomic mass is 9.98. The van der Waals surface area contributed by atoms with Gasteiger partial charge in [-0.1, -0.05) is 24.1 Å². The van der Waals surface area contributed by atoms with Gasteiger partial charge in [-0.05, 0) is 56.9 Å². The van der Waals surface area contributed by atoms with E-state index in [0.717, 1.165) is 51.9 Å². The summed E-state index contributed by atoms with van der Waals surface area (Å²) in [6.07, 6.45) is 10.2. The molecule has 0 bridgehead atoms. The third-order valence-electron chi connectivity index (χ3n) is 7.78. The molecule has 0 atom stereocenters. The van der Waals surface area contributed by atoms with Gasteiger partial charge in [0, 0.05) is 55.9 Å². The van der Waals surface area contributed by atoms with Crippen molar-refractivity contribution in [2.75, 3.05) is 56.5 Å². The largest absolute Gasteiger partial charge is 0.488 e. The van der Waals surface area contributed by atoms with Crippen LogP contribution in [0.25, 0.3) is 10.9 Å². The second-order valence-electron chi connectivity index (χ2n) is 11.0. The Hall–Kier alpha value is -3.80. The van der Waals surface area contributed by atoms with E-state index in [1.165, 1.54) is 31.0 Å². The number of hydrogen-bond donors (Lipinski definition) is 2. The number of benzene rings is 2. The highest BCUT2D eigenvalue weighted by Gasteiger charge is 2.21. The van der Waals surface area contributed by atoms with Crippen molar-refractivity contribution >= 4 is 51.6 Å². The standard InChI is InChI=1S/C32H38ClFN6O4/c1-2-43-31(42)20-40-15-13-39(14-16-40)12-6-9-30(41)38-28-18-24-27(19-29(28)44-23-7-4-3-5-8-23)35-21-36-32(24)37-22-10-11-26(34)25(33)17-22/h6,9-11,17-19,21,23H,2-5,7-8,12-16,20H2,1H3,(H,38,41)(H,35,36,37). The minimum absolute atomic E-state index is 0.00479. The number of esters is 1. The van der Waals surface area contributed by atoms with Crippen LogP contribution in [-0.2, 0) is 14.3 Å². The normalized spacial score (nSPS) is 16.7. The van der Waals surface area contributed by atoms with Crippen LogP contribution in [0.1, 0.15) is 39.0 Å². The molecule has 44 heavy (non-hydrogen) atoms. The van der Waals surface area contributed by atoms with E-state index in [-0.39, 0.29) is 23.0 Å². The van der Waals surface area contributed by atoms with Crippen LogP contribution in [-0.4, -0.2) is 83.6 Å². The van der Waals surface area contributed by atoms with Crippen LogP contribution in [0.5, 0.6) is 5.75 Å². The Morgan fingerprint density at radius 3 is 2.59 bits per heavy atom. The van der Waals surface area contributed by atoms with Crippen LogP contribution >= 0.6 is 11.6 Å². The van der Waals surface area contributed by atoms with Crippen molar-refractivity contribution in [1.82, 2.24) is 19.8 Å². The zero-order valence-electron chi connectivity index (χ0n) is 24.9. The number of hydrogen-bond acceptors (Lipinski definition) is 9. The highest BCUT2D eigenvalue weighted by Crippen LogP contribution is 2.36. The first-order chi connectivity index (χ1) is 21.4. The SMILES string of the molecule is CCOC(=O)CN1CCN(CC=CC(=O)Nc2cc3c(Nc4ccc(F)c(Cl)c4)ncnc3cc2OC2CCCCC2)CC1. The first-order valence-electron chi connectivity index (χ1n) is 15.1. The monoisotopic (exact) mass is 624 g/mol. The van der Waals surface area contributed by atoms with Crippen LogP contribution in [0.15, 0.2) is 48.8 Å². The number of rotatable bonds is 11. The molecule has 0 spiro atoms. The summed E-state index contributed by atoms with van der Waals surface area (Å²) < 4.78 is 25.2. The molecular weight excluding hydrogens is 587 g/mol. The number of ether oxygens (including phenoxy) is 2. The average Bonchev–Trinajstić information content (AvgIpc) is 3.01. The minimum atomic E-state index is -0.511. The molecule has 2 heterocycles. The van der Waals surface area contributed by atoms with Gasteiger partial charge in [0.05, 0.1) is 35.5 Å². The van der Waals surface area contributed by atoms with Crippen molar-refractivity contribution in [1.29, 1.82) is 0 Å². The fraction of sp³-hybridized carbons (Fsp3) is 0.438. The van der Waals surface area contributed by atoms with Crippen molar-refractivity contribution in [2.24, 2.45) is 0 Å². The van der Waals surface area contributed by atoms with Crippen molar-refractivity contribution in [3.05, 3.63) is 59.7 Å². The summed E-state index contributed by atoms with van der Waals surface area (Å²) in [7, 11) is 0. The highest BCUT2D eigenvalue weighted by molar-refractivity contribution is 6.31. The molecule has 2 aliphatic rings. The van der Waals surface area contributed by atoms with E-state index in [4.69, 9.17) is 21.1 Å². The highest BCUT2D eigenvalue weighted by atomic mass is 35.5. The van der Waals surface area contributed by atoms with E-state index in [1.54, 1.807) is 19.1 Å². The molecule has 2 fully saturated rings. The number of carbonyl (C=O) groups excluding carboxylic acids is 2. The Balaban J connectivity index is 1.28. The number of halogens is 2. The van der Waals surface area contributed by atoms with Crippen LogP contribution in [0.3, 0.4) is 0 Å². The third kappa shape index (κ3) is 8.64. The quantitative estimate of drug-likeness (QED) is 0.210. The Kier molecular flexibility index (Phi) is 11.0. The maximum atomic E-state index is 13.7. The van der Waals surface area contributed by atoms with Gasteiger partial charge in [-0.3, -0.25) is 19.4 Å². The summed E-state index contributed by atoms with van der Waals surface area (Å²) in [5.41, 5.74) is 1.71. The Bertz CT molecular complexity index is 1490. The van der Waals surface area contributed by atoms with E-state index in [2.05, 4.69) is 30.4 Å². The van der Waals surface area contributed by atoms with Gasteiger partial charge in [0.1, 0.15) is 23.7 Å². The zero-order chi connectivity index (χ0) is 30.9. The van der Waals surface area contributed by atoms with Gasteiger partial charge in [-0.15, -0.1) is 0 Å². The molecule has 12 heteroatoms. The van der Waals surface area contributed by atoms with Gasteiger partial charge in [0.2, 0.25) is 5.91 Å². The number of carbonyl (C=O) groups is 2. The molecule has 1 aliphatic heterocycles. The molecule has 0 unspecified atom stereocenters. The lowest BCUT2D eigenvalue weighted by Crippen LogP contribution is -2.48. The van der Waals surface area contributed by atoms with E-state index < -0.39 is 5.82 Å². The van der Waals surface area contributed by atoms with Gasteiger partial charge in [-0.25, -0.2) is 14.4 Å². The molecular formula is C32H38ClFN6O4. The van der Waals surface area contributed by atoms with E-state index >= 15 is 0 Å². The smallest absolute Gasteiger partial charge is 0.320 e. The lowest BCUT2D eigenvalue weighted by molar-refractivity contribution is -0.144. The molecule has 1 aliphatic carbocycles. The van der Waals surface area contributed by atoms with Crippen molar-refractivity contribution in [3.8, 4) is 5.75 Å². The topological polar surface area (TPSA) is 109 Å². The Morgan fingerprint density at radius 2 is 1.84 bits per heavy atom. The van der Waals surface area contributed by atoms with Gasteiger partial charge in [-0.2, -0.15) is 0 Å². The molecule has 10 nitrogen and oxygen atoms in total. The summed E-state index contributed by atoms with van der Waals surface area (Å²) in [6, 6.07) is 7.97. The molecule has 1 saturated carbocycles. The molecule has 5 rings (SSSR count). The maximum Gasteiger partial charge on any atom is 0.320 e. The summed E-state index contributed by atoms with van der Waals surface area (Å²) in [4.78, 5) is 38.0. The van der Waals surface area contributed by atoms with Crippen LogP contribution < -0.4 is 15.4 Å². The van der Waals surface area contributed by atoms with E-state index in [9.17, 15) is 14.0 Å². The van der Waals surface area contributed by atoms with Crippen molar-refractivity contribution < 1.29 is 23.5 Å². The Labute approximate surface area is 261 Å². The number of fused-ring (bicyclic) bond motifs is 1. The van der Waals surface area contributed by atoms with Crippen molar-refractivity contribution in [3.63, 3.8) is 0 Å². The van der Waals surface area contributed by atoms with Gasteiger partial charge < -0.3 is 20.1 Å². The number of piperazine rings is 1. The molecule has 234 valence electrons. The number of anilines is 3. The van der Waals surface area contributed by atoms with Crippen LogP contribution in [0.4, 0.5) is 21.6 Å². The fourth-order valence-corrected chi connectivity index (χ4v) is 5.63. The van der Waals surface area contributed by atoms with E-state index in [1.807, 2.05) is 12.1 Å². The molecule has 1 amide bonds. The molecule has 1 aromatic heterocycles. The summed E-state index contributed by atoms with van der Waals surface area (Å²) in [5.74, 6) is 0.0415. The molecule has 0 radical (unpaired) electrons. The molecule has 3 aromatic rings. The minimum Gasteiger partial charge on any atom is -0.488 e. The lowest BCUT2D eigenvalue weighted by Gasteiger charge is -2.33. The molecule has 2 N–H and O–H groups in total. The number of aromatic nitrogens is 2. The number of amides is 1. The zero-order valence-corrected chi connectivity index (χ0v) is 25.6. The van der Waals surface area contributed by atoms with Crippen LogP contribution in [0.2, 0.25) is 5.02 Å². The average molecular weight is 625 g/mol. The fourth-order valence-electron chi connectivity index (χ4n) is 5.45. The maximum absolute atomic E-state index is 13.7. The predicted molar refractivity (Wildman–Crippen MR) is 169 cm³/mol. The first-order valence-corrected chi connectivity index (χ1v) is 15.5. The second-order valence-corrected chi connectivity index (χ2v) is 11.4. The van der Waals surface area contributed by atoms with Gasteiger partial charge in [0.25, 0.3) is 0 Å². The second kappa shape index (κ2) is 15.3. The molecule has 2 aromatic carbocycles. The van der Waals surface area contributed by atoms with Crippen molar-refractivity contribution in [2.45, 2.75) is 45.1 Å². The van der Waals surface area contributed by atoms with E-state index in [0.29, 0.717) is 53.5 Å². The van der Waals surface area contributed by atoms with Gasteiger partial charge >= 0.3 is 5.97 Å². The third-order valence-corrected chi connectivity index (χ3v) is 8.07. The Morgan fingerprint density at radius 1 is 1.07 bits per heavy atom. The first kappa shape index (κ1) is 31.6. The predicted octanol–water partition coefficient (Wildman–Crippen LogP) is 5.55. The summed E-state index contributed by atoms with van der Waals surface area (Å²) >= 11 is 5.98. The number of nitrogens with zero attached hydrogens (tertiary/aromatic N) is 4. The summed E-state index contributed by atoms with van der Waals surface area (Å²) in [6.45, 7) is 6.23. The molecule has 1 saturated heterocycles. The van der Waals surface area contributed by atoms with Gasteiger partial charge in [0.15, 0.2) is 0 Å².